The summed E-state index contributed by atoms with van der Waals surface area (Å²) >= 11 is 0. The Morgan fingerprint density at radius 2 is 1.77 bits per heavy atom. The lowest BCUT2D eigenvalue weighted by Crippen LogP contribution is -2.32. The predicted octanol–water partition coefficient (Wildman–Crippen LogP) is 2.11. The maximum atomic E-state index is 11.8. The number of aliphatic hydroxyl groups is 1. The van der Waals surface area contributed by atoms with Crippen molar-refractivity contribution in [1.82, 2.24) is 0 Å². The van der Waals surface area contributed by atoms with E-state index in [4.69, 9.17) is 9.84 Å². The van der Waals surface area contributed by atoms with Crippen LogP contribution in [0.3, 0.4) is 0 Å². The Balaban J connectivity index is 3.90. The van der Waals surface area contributed by atoms with Crippen LogP contribution < -0.4 is 0 Å². The van der Waals surface area contributed by atoms with E-state index >= 15 is 0 Å². The molecule has 0 aromatic carbocycles. The number of halogens is 3. The third kappa shape index (κ3) is 5.10. The van der Waals surface area contributed by atoms with Crippen LogP contribution in [0.1, 0.15) is 26.7 Å². The topological polar surface area (TPSA) is 29.5 Å². The maximum absolute atomic E-state index is 11.8. The lowest BCUT2D eigenvalue weighted by Gasteiger charge is -2.24. The minimum absolute atomic E-state index is 0.171. The van der Waals surface area contributed by atoms with Gasteiger partial charge in [0.2, 0.25) is 0 Å². The summed E-state index contributed by atoms with van der Waals surface area (Å²) in [7, 11) is 1.43. The van der Waals surface area contributed by atoms with E-state index < -0.39 is 17.9 Å². The molecule has 0 saturated heterocycles. The molecule has 0 aliphatic rings. The molecule has 0 aliphatic carbocycles. The van der Waals surface area contributed by atoms with E-state index in [0.29, 0.717) is 0 Å². The van der Waals surface area contributed by atoms with E-state index in [9.17, 15) is 13.2 Å². The first kappa shape index (κ1) is 12.7. The van der Waals surface area contributed by atoms with Crippen LogP contribution in [0.25, 0.3) is 0 Å². The Morgan fingerprint density at radius 1 is 1.31 bits per heavy atom. The fourth-order valence-electron chi connectivity index (χ4n) is 0.750. The highest BCUT2D eigenvalue weighted by Crippen LogP contribution is 2.26. The van der Waals surface area contributed by atoms with Crippen molar-refractivity contribution in [2.45, 2.75) is 44.6 Å². The van der Waals surface area contributed by atoms with Crippen molar-refractivity contribution in [3.05, 3.63) is 0 Å². The molecule has 80 valence electrons. The van der Waals surface area contributed by atoms with Gasteiger partial charge in [-0.25, -0.2) is 0 Å². The van der Waals surface area contributed by atoms with Crippen LogP contribution in [-0.2, 0) is 4.74 Å². The highest BCUT2D eigenvalue weighted by molar-refractivity contribution is 4.73. The van der Waals surface area contributed by atoms with Crippen LogP contribution in [0.5, 0.6) is 0 Å². The van der Waals surface area contributed by atoms with Crippen molar-refractivity contribution >= 4 is 0 Å². The van der Waals surface area contributed by atoms with Gasteiger partial charge in [0.05, 0.1) is 5.60 Å². The summed E-state index contributed by atoms with van der Waals surface area (Å²) in [5.74, 6) is 0. The highest BCUT2D eigenvalue weighted by atomic mass is 19.4. The van der Waals surface area contributed by atoms with Crippen molar-refractivity contribution in [2.24, 2.45) is 0 Å². The molecule has 0 heterocycles. The fourth-order valence-corrected chi connectivity index (χ4v) is 0.750. The largest absolute Gasteiger partial charge is 0.414 e. The minimum Gasteiger partial charge on any atom is -0.384 e. The van der Waals surface area contributed by atoms with Crippen LogP contribution in [0.2, 0.25) is 0 Å². The molecule has 1 N–H and O–H groups in total. The first-order chi connectivity index (χ1) is 5.69. The predicted molar refractivity (Wildman–Crippen MR) is 42.4 cm³/mol. The number of hydrogen-bond donors (Lipinski definition) is 1. The van der Waals surface area contributed by atoms with Crippen molar-refractivity contribution in [3.8, 4) is 0 Å². The quantitative estimate of drug-likeness (QED) is 0.753. The molecule has 0 amide bonds. The Labute approximate surface area is 75.7 Å². The van der Waals surface area contributed by atoms with Crippen LogP contribution in [0.4, 0.5) is 13.2 Å². The summed E-state index contributed by atoms with van der Waals surface area (Å²) in [5, 5.41) is 8.66. The Hall–Kier alpha value is -0.290. The van der Waals surface area contributed by atoms with Gasteiger partial charge in [-0.1, -0.05) is 0 Å². The third-order valence-electron chi connectivity index (χ3n) is 1.95. The van der Waals surface area contributed by atoms with Crippen molar-refractivity contribution in [1.29, 1.82) is 0 Å². The highest BCUT2D eigenvalue weighted by Gasteiger charge is 2.38. The average molecular weight is 200 g/mol. The molecule has 5 heteroatoms. The Kier molecular flexibility index (Phi) is 4.19. The molecule has 2 nitrogen and oxygen atoms in total. The molecule has 0 radical (unpaired) electrons. The van der Waals surface area contributed by atoms with Crippen LogP contribution in [0, 0.1) is 0 Å². The molecule has 0 spiro atoms. The minimum atomic E-state index is -4.52. The maximum Gasteiger partial charge on any atom is 0.414 e. The molecule has 13 heavy (non-hydrogen) atoms. The van der Waals surface area contributed by atoms with Crippen LogP contribution in [0.15, 0.2) is 0 Å². The average Bonchev–Trinajstić information content (AvgIpc) is 1.98. The summed E-state index contributed by atoms with van der Waals surface area (Å²) in [5.41, 5.74) is -0.619. The van der Waals surface area contributed by atoms with Crippen LogP contribution in [-0.4, -0.2) is 30.1 Å². The van der Waals surface area contributed by atoms with Crippen molar-refractivity contribution in [3.63, 3.8) is 0 Å². The number of rotatable bonds is 4. The normalized spacial score (nSPS) is 15.9. The fraction of sp³-hybridized carbons (Fsp3) is 1.00. The molecule has 0 aliphatic heterocycles. The zero-order valence-corrected chi connectivity index (χ0v) is 7.98. The van der Waals surface area contributed by atoms with E-state index in [1.807, 2.05) is 0 Å². The van der Waals surface area contributed by atoms with E-state index in [-0.39, 0.29) is 12.8 Å². The first-order valence-corrected chi connectivity index (χ1v) is 3.99. The van der Waals surface area contributed by atoms with E-state index in [0.717, 1.165) is 0 Å². The zero-order chi connectivity index (χ0) is 10.7. The zero-order valence-electron chi connectivity index (χ0n) is 7.98. The van der Waals surface area contributed by atoms with Gasteiger partial charge in [0.1, 0.15) is 6.10 Å². The number of methoxy groups -OCH3 is 1. The van der Waals surface area contributed by atoms with Gasteiger partial charge < -0.3 is 9.84 Å². The summed E-state index contributed by atoms with van der Waals surface area (Å²) in [4.78, 5) is 0. The van der Waals surface area contributed by atoms with Crippen molar-refractivity contribution < 1.29 is 23.0 Å². The van der Waals surface area contributed by atoms with Gasteiger partial charge in [-0.3, -0.25) is 0 Å². The van der Waals surface area contributed by atoms with E-state index in [1.54, 1.807) is 13.8 Å². The molecule has 0 saturated carbocycles. The molecule has 0 aromatic rings. The molecular formula is C8H15F3O2. The number of alkyl halides is 3. The number of aliphatic hydroxyl groups excluding tert-OH is 1. The lowest BCUT2D eigenvalue weighted by molar-refractivity contribution is -0.208. The monoisotopic (exact) mass is 200 g/mol. The second-order valence-corrected chi connectivity index (χ2v) is 3.56. The second kappa shape index (κ2) is 4.28. The summed E-state index contributed by atoms with van der Waals surface area (Å²) < 4.78 is 40.4. The van der Waals surface area contributed by atoms with Crippen molar-refractivity contribution in [2.75, 3.05) is 7.11 Å². The molecule has 0 aromatic heterocycles. The molecule has 0 fully saturated rings. The number of hydrogen-bond acceptors (Lipinski definition) is 2. The van der Waals surface area contributed by atoms with Crippen LogP contribution >= 0.6 is 0 Å². The SMILES string of the molecule is COC(C)(C)CCC(O)C(F)(F)F. The molecular weight excluding hydrogens is 185 g/mol. The molecule has 0 bridgehead atoms. The summed E-state index contributed by atoms with van der Waals surface area (Å²) in [6.07, 6.45) is -6.93. The van der Waals surface area contributed by atoms with Gasteiger partial charge in [-0.15, -0.1) is 0 Å². The van der Waals surface area contributed by atoms with Gasteiger partial charge in [-0.2, -0.15) is 13.2 Å². The van der Waals surface area contributed by atoms with E-state index in [2.05, 4.69) is 0 Å². The standard InChI is InChI=1S/C8H15F3O2/c1-7(2,13-3)5-4-6(12)8(9,10)11/h6,12H,4-5H2,1-3H3. The van der Waals surface area contributed by atoms with Gasteiger partial charge in [0, 0.05) is 7.11 Å². The summed E-state index contributed by atoms with van der Waals surface area (Å²) in [6.45, 7) is 3.35. The molecule has 1 unspecified atom stereocenters. The lowest BCUT2D eigenvalue weighted by atomic mass is 10.00. The van der Waals surface area contributed by atoms with Gasteiger partial charge in [-0.05, 0) is 26.7 Å². The van der Waals surface area contributed by atoms with Gasteiger partial charge in [0.15, 0.2) is 0 Å². The Bertz CT molecular complexity index is 154. The van der Waals surface area contributed by atoms with E-state index in [1.165, 1.54) is 7.11 Å². The molecule has 0 rings (SSSR count). The molecule has 1 atom stereocenters. The smallest absolute Gasteiger partial charge is 0.384 e. The Morgan fingerprint density at radius 3 is 2.08 bits per heavy atom. The third-order valence-corrected chi connectivity index (χ3v) is 1.95. The van der Waals surface area contributed by atoms with Gasteiger partial charge in [0.25, 0.3) is 0 Å². The summed E-state index contributed by atoms with van der Waals surface area (Å²) in [6, 6.07) is 0. The van der Waals surface area contributed by atoms with Gasteiger partial charge >= 0.3 is 6.18 Å². The second-order valence-electron chi connectivity index (χ2n) is 3.56. The number of ether oxygens (including phenoxy) is 1. The first-order valence-electron chi connectivity index (χ1n) is 3.99.